The van der Waals surface area contributed by atoms with Gasteiger partial charge in [-0.25, -0.2) is 0 Å². The first-order chi connectivity index (χ1) is 5.78. The lowest BCUT2D eigenvalue weighted by molar-refractivity contribution is -0.481. The van der Waals surface area contributed by atoms with Crippen LogP contribution in [0.25, 0.3) is 0 Å². The maximum Gasteiger partial charge on any atom is 0.267 e. The first-order valence-corrected chi connectivity index (χ1v) is 4.81. The van der Waals surface area contributed by atoms with Crippen molar-refractivity contribution in [2.45, 2.75) is 32.3 Å². The summed E-state index contributed by atoms with van der Waals surface area (Å²) < 4.78 is 1.53. The van der Waals surface area contributed by atoms with Crippen molar-refractivity contribution in [1.29, 1.82) is 0 Å². The highest BCUT2D eigenvalue weighted by Gasteiger charge is 2.54. The van der Waals surface area contributed by atoms with Crippen LogP contribution in [0.15, 0.2) is 11.7 Å². The van der Waals surface area contributed by atoms with Gasteiger partial charge in [0.05, 0.1) is 0 Å². The van der Waals surface area contributed by atoms with Crippen LogP contribution in [-0.2, 0) is 0 Å². The van der Waals surface area contributed by atoms with Gasteiger partial charge in [-0.1, -0.05) is 6.92 Å². The Morgan fingerprint density at radius 1 is 1.69 bits per heavy atom. The Balaban J connectivity index is 2.62. The summed E-state index contributed by atoms with van der Waals surface area (Å²) in [5.74, 6) is 0. The molecule has 0 heterocycles. The minimum atomic E-state index is -0.730. The molecule has 1 rings (SSSR count). The molecular weight excluding hydrogens is 186 g/mol. The van der Waals surface area contributed by atoms with Gasteiger partial charge in [-0.2, -0.15) is 4.58 Å². The van der Waals surface area contributed by atoms with Crippen LogP contribution < -0.4 is 0 Å². The number of hydrogen-bond donors (Lipinski definition) is 1. The van der Waals surface area contributed by atoms with E-state index in [1.807, 2.05) is 6.92 Å². The maximum atomic E-state index is 10.2. The summed E-state index contributed by atoms with van der Waals surface area (Å²) in [5, 5.41) is 10.5. The number of aliphatic hydroxyl groups is 1. The molecule has 1 atom stereocenters. The topological polar surface area (TPSA) is 23.2 Å². The number of hydrogen-bond acceptors (Lipinski definition) is 1. The van der Waals surface area contributed by atoms with E-state index in [1.54, 1.807) is 0 Å². The van der Waals surface area contributed by atoms with Crippen LogP contribution in [0.3, 0.4) is 0 Å². The van der Waals surface area contributed by atoms with Crippen LogP contribution >= 0.6 is 11.6 Å². The second-order valence-corrected chi connectivity index (χ2v) is 4.85. The summed E-state index contributed by atoms with van der Waals surface area (Å²) in [6.07, 6.45) is 2.14. The number of nitrogens with zero attached hydrogens (tertiary/aromatic N) is 1. The zero-order chi connectivity index (χ0) is 10.3. The minimum Gasteiger partial charge on any atom is -0.383 e. The van der Waals surface area contributed by atoms with Gasteiger partial charge in [0.1, 0.15) is 12.3 Å². The van der Waals surface area contributed by atoms with Gasteiger partial charge in [0, 0.05) is 5.41 Å². The Morgan fingerprint density at radius 2 is 2.15 bits per heavy atom. The Labute approximate surface area is 84.5 Å². The average Bonchev–Trinajstić information content (AvgIpc) is 2.68. The van der Waals surface area contributed by atoms with E-state index in [0.717, 1.165) is 12.8 Å². The van der Waals surface area contributed by atoms with Gasteiger partial charge in [-0.05, 0) is 37.9 Å². The Morgan fingerprint density at radius 3 is 2.46 bits per heavy atom. The van der Waals surface area contributed by atoms with Gasteiger partial charge in [0.2, 0.25) is 0 Å². The van der Waals surface area contributed by atoms with Crippen LogP contribution in [0.2, 0.25) is 0 Å². The Hall–Kier alpha value is -0.340. The second-order valence-electron chi connectivity index (χ2n) is 4.41. The summed E-state index contributed by atoms with van der Waals surface area (Å²) in [5.41, 5.74) is -0.693. The van der Waals surface area contributed by atoms with Crippen LogP contribution in [0, 0.1) is 5.41 Å². The van der Waals surface area contributed by atoms with E-state index < -0.39 is 5.60 Å². The Kier molecular flexibility index (Phi) is 2.56. The van der Waals surface area contributed by atoms with E-state index in [1.165, 1.54) is 4.58 Å². The van der Waals surface area contributed by atoms with Gasteiger partial charge in [-0.15, -0.1) is 0 Å². The fourth-order valence-corrected chi connectivity index (χ4v) is 1.43. The lowest BCUT2D eigenvalue weighted by Gasteiger charge is -2.27. The molecule has 0 amide bonds. The van der Waals surface area contributed by atoms with Gasteiger partial charge >= 0.3 is 0 Å². The molecule has 0 aromatic carbocycles. The molecule has 1 saturated carbocycles. The van der Waals surface area contributed by atoms with Gasteiger partial charge in [-0.3, -0.25) is 0 Å². The van der Waals surface area contributed by atoms with E-state index >= 15 is 0 Å². The smallest absolute Gasteiger partial charge is 0.267 e. The van der Waals surface area contributed by atoms with Crippen LogP contribution in [0.5, 0.6) is 0 Å². The molecule has 0 aromatic rings. The molecule has 2 nitrogen and oxygen atoms in total. The quantitative estimate of drug-likeness (QED) is 0.421. The maximum absolute atomic E-state index is 10.2. The summed E-state index contributed by atoms with van der Waals surface area (Å²) >= 11 is 5.66. The molecule has 0 aromatic heterocycles. The average molecular weight is 203 g/mol. The molecule has 0 saturated heterocycles. The van der Waals surface area contributed by atoms with Crippen molar-refractivity contribution in [2.24, 2.45) is 5.41 Å². The first kappa shape index (κ1) is 10.7. The van der Waals surface area contributed by atoms with Crippen molar-refractivity contribution < 1.29 is 9.68 Å². The highest BCUT2D eigenvalue weighted by molar-refractivity contribution is 6.27. The third-order valence-electron chi connectivity index (χ3n) is 3.14. The van der Waals surface area contributed by atoms with Crippen LogP contribution in [-0.4, -0.2) is 28.5 Å². The highest BCUT2D eigenvalue weighted by Crippen LogP contribution is 2.53. The van der Waals surface area contributed by atoms with E-state index in [-0.39, 0.29) is 5.41 Å². The highest BCUT2D eigenvalue weighted by atomic mass is 35.5. The second kappa shape index (κ2) is 3.10. The van der Waals surface area contributed by atoms with Gasteiger partial charge < -0.3 is 5.11 Å². The lowest BCUT2D eigenvalue weighted by atomic mass is 9.87. The standard InChI is InChI=1S/C10H17ClNO/c1-8(11)12(4)7-10(3,13)9(2)5-6-9/h13H,1,4-7H2,2-3H3/q+1. The third-order valence-corrected chi connectivity index (χ3v) is 3.38. The molecule has 1 aliphatic rings. The fraction of sp³-hybridized carbons (Fsp3) is 0.700. The molecule has 0 radical (unpaired) electrons. The van der Waals surface area contributed by atoms with E-state index in [2.05, 4.69) is 20.2 Å². The fourth-order valence-electron chi connectivity index (χ4n) is 1.37. The summed E-state index contributed by atoms with van der Waals surface area (Å²) in [7, 11) is 0. The van der Waals surface area contributed by atoms with Gasteiger partial charge in [0.15, 0.2) is 6.54 Å². The lowest BCUT2D eigenvalue weighted by Crippen LogP contribution is -2.42. The van der Waals surface area contributed by atoms with E-state index in [0.29, 0.717) is 11.7 Å². The molecule has 0 bridgehead atoms. The molecular formula is C10H17ClNO+. The van der Waals surface area contributed by atoms with Gasteiger partial charge in [0.25, 0.3) is 5.16 Å². The molecule has 3 heteroatoms. The van der Waals surface area contributed by atoms with Crippen molar-refractivity contribution in [2.75, 3.05) is 6.54 Å². The largest absolute Gasteiger partial charge is 0.383 e. The minimum absolute atomic E-state index is 0.0370. The Bertz CT molecular complexity index is 254. The molecule has 13 heavy (non-hydrogen) atoms. The SMILES string of the molecule is C=C(Cl)[N+](=C)CC(C)(O)C1(C)CC1. The molecule has 74 valence electrons. The van der Waals surface area contributed by atoms with E-state index in [4.69, 9.17) is 11.6 Å². The van der Waals surface area contributed by atoms with Crippen molar-refractivity contribution >= 4 is 18.3 Å². The molecule has 1 N–H and O–H groups in total. The summed E-state index contributed by atoms with van der Waals surface area (Å²) in [6, 6.07) is 0. The van der Waals surface area contributed by atoms with Crippen molar-refractivity contribution in [1.82, 2.24) is 0 Å². The number of rotatable bonds is 4. The summed E-state index contributed by atoms with van der Waals surface area (Å²) in [6.45, 7) is 11.6. The monoisotopic (exact) mass is 202 g/mol. The van der Waals surface area contributed by atoms with E-state index in [9.17, 15) is 5.11 Å². The predicted molar refractivity (Wildman–Crippen MR) is 55.2 cm³/mol. The molecule has 0 spiro atoms. The zero-order valence-electron chi connectivity index (χ0n) is 8.31. The molecule has 0 aliphatic heterocycles. The predicted octanol–water partition coefficient (Wildman–Crippen LogP) is 1.96. The normalized spacial score (nSPS) is 23.4. The first-order valence-electron chi connectivity index (χ1n) is 4.43. The van der Waals surface area contributed by atoms with Crippen LogP contribution in [0.1, 0.15) is 26.7 Å². The van der Waals surface area contributed by atoms with Crippen molar-refractivity contribution in [3.05, 3.63) is 11.7 Å². The number of halogens is 1. The molecule has 1 aliphatic carbocycles. The third kappa shape index (κ3) is 2.12. The van der Waals surface area contributed by atoms with Crippen molar-refractivity contribution in [3.63, 3.8) is 0 Å². The van der Waals surface area contributed by atoms with Crippen LogP contribution in [0.4, 0.5) is 0 Å². The van der Waals surface area contributed by atoms with Crippen molar-refractivity contribution in [3.8, 4) is 0 Å². The zero-order valence-corrected chi connectivity index (χ0v) is 9.06. The molecule has 1 fully saturated rings. The summed E-state index contributed by atoms with van der Waals surface area (Å²) in [4.78, 5) is 0. The molecule has 1 unspecified atom stereocenters.